The van der Waals surface area contributed by atoms with Gasteiger partial charge in [0.15, 0.2) is 17.3 Å². The van der Waals surface area contributed by atoms with Crippen LogP contribution in [0.2, 0.25) is 0 Å². The molecule has 0 radical (unpaired) electrons. The first kappa shape index (κ1) is 25.5. The Bertz CT molecular complexity index is 1280. The van der Waals surface area contributed by atoms with Gasteiger partial charge in [-0.3, -0.25) is 10.2 Å². The van der Waals surface area contributed by atoms with Crippen LogP contribution >= 0.6 is 11.8 Å². The summed E-state index contributed by atoms with van der Waals surface area (Å²) >= 11 is 1.33. The third kappa shape index (κ3) is 5.62. The zero-order chi connectivity index (χ0) is 25.8. The number of aliphatic imine (C=N–C) groups is 1. The summed E-state index contributed by atoms with van der Waals surface area (Å²) in [5.41, 5.74) is 3.26. The molecular formula is C27H30N4O4S. The lowest BCUT2D eigenvalue weighted by Gasteiger charge is -2.20. The molecule has 0 aromatic heterocycles. The van der Waals surface area contributed by atoms with Crippen LogP contribution < -0.4 is 14.2 Å². The van der Waals surface area contributed by atoms with Crippen molar-refractivity contribution >= 4 is 39.8 Å². The third-order valence-electron chi connectivity index (χ3n) is 5.59. The smallest absolute Gasteiger partial charge is 0.283 e. The maximum absolute atomic E-state index is 12.6. The zero-order valence-corrected chi connectivity index (χ0v) is 21.9. The highest BCUT2D eigenvalue weighted by Gasteiger charge is 2.36. The lowest BCUT2D eigenvalue weighted by molar-refractivity contribution is -0.114. The largest absolute Gasteiger partial charge is 0.493 e. The molecule has 0 aliphatic carbocycles. The molecule has 188 valence electrons. The Morgan fingerprint density at radius 3 is 2.61 bits per heavy atom. The van der Waals surface area contributed by atoms with Gasteiger partial charge in [0.2, 0.25) is 5.17 Å². The van der Waals surface area contributed by atoms with Crippen molar-refractivity contribution in [2.75, 3.05) is 20.3 Å². The fraction of sp³-hybridized carbons (Fsp3) is 0.333. The molecule has 0 atom stereocenters. The van der Waals surface area contributed by atoms with Gasteiger partial charge >= 0.3 is 0 Å². The van der Waals surface area contributed by atoms with Gasteiger partial charge in [-0.2, -0.15) is 15.1 Å². The Balaban J connectivity index is 1.43. The summed E-state index contributed by atoms with van der Waals surface area (Å²) in [5.74, 6) is 1.64. The number of aryl methyl sites for hydroxylation is 2. The van der Waals surface area contributed by atoms with E-state index in [0.29, 0.717) is 35.4 Å². The normalized spacial score (nSPS) is 16.3. The number of benzene rings is 2. The Morgan fingerprint density at radius 2 is 1.89 bits per heavy atom. The molecule has 0 saturated carbocycles. The monoisotopic (exact) mass is 506 g/mol. The number of thioether (sulfide) groups is 1. The van der Waals surface area contributed by atoms with Crippen LogP contribution in [0.1, 0.15) is 37.5 Å². The Hall–Kier alpha value is -3.59. The Labute approximate surface area is 215 Å². The van der Waals surface area contributed by atoms with Gasteiger partial charge in [-0.15, -0.1) is 0 Å². The van der Waals surface area contributed by atoms with Crippen LogP contribution in [0, 0.1) is 18.3 Å². The van der Waals surface area contributed by atoms with Gasteiger partial charge in [-0.1, -0.05) is 32.9 Å². The van der Waals surface area contributed by atoms with Crippen LogP contribution in [0.3, 0.4) is 0 Å². The fourth-order valence-corrected chi connectivity index (χ4v) is 4.62. The number of hydrazone groups is 1. The molecule has 2 aromatic carbocycles. The first-order valence-electron chi connectivity index (χ1n) is 11.8. The van der Waals surface area contributed by atoms with E-state index >= 15 is 0 Å². The number of hydrogen-bond donors (Lipinski definition) is 1. The van der Waals surface area contributed by atoms with Crippen LogP contribution in [0.15, 0.2) is 52.1 Å². The molecule has 2 heterocycles. The van der Waals surface area contributed by atoms with Crippen molar-refractivity contribution in [2.24, 2.45) is 16.0 Å². The highest BCUT2D eigenvalue weighted by molar-refractivity contribution is 8.27. The van der Waals surface area contributed by atoms with Crippen LogP contribution in [0.4, 0.5) is 0 Å². The van der Waals surface area contributed by atoms with Gasteiger partial charge in [0, 0.05) is 5.92 Å². The second kappa shape index (κ2) is 11.0. The van der Waals surface area contributed by atoms with Crippen LogP contribution in [-0.2, 0) is 11.2 Å². The van der Waals surface area contributed by atoms with E-state index in [9.17, 15) is 4.79 Å². The Kier molecular flexibility index (Phi) is 7.79. The third-order valence-corrected chi connectivity index (χ3v) is 6.80. The highest BCUT2D eigenvalue weighted by Crippen LogP contribution is 2.32. The summed E-state index contributed by atoms with van der Waals surface area (Å²) in [6.45, 7) is 8.93. The quantitative estimate of drug-likeness (QED) is 0.366. The van der Waals surface area contributed by atoms with E-state index < -0.39 is 5.91 Å². The second-order valence-electron chi connectivity index (χ2n) is 8.73. The summed E-state index contributed by atoms with van der Waals surface area (Å²) in [5, 5.41) is 15.6. The number of amidine groups is 2. The van der Waals surface area contributed by atoms with Gasteiger partial charge in [-0.05, 0) is 72.1 Å². The minimum Gasteiger partial charge on any atom is -0.493 e. The number of ether oxygens (including phenoxy) is 3. The predicted molar refractivity (Wildman–Crippen MR) is 144 cm³/mol. The standard InChI is InChI=1S/C27H30N4O4S/c1-6-18-11-17(4)12-20(13-18)34-9-10-35-22-8-7-19(15-23(22)33-5)14-21-24(28)31-27(29-25(21)32)36-26(30-31)16(2)3/h7-8,11-16,28H,6,9-10H2,1-5H3. The van der Waals surface area contributed by atoms with Gasteiger partial charge in [-0.25, -0.2) is 0 Å². The molecule has 0 fully saturated rings. The van der Waals surface area contributed by atoms with Crippen molar-refractivity contribution in [3.8, 4) is 17.2 Å². The van der Waals surface area contributed by atoms with Crippen LogP contribution in [0.5, 0.6) is 17.2 Å². The summed E-state index contributed by atoms with van der Waals surface area (Å²) < 4.78 is 17.3. The van der Waals surface area contributed by atoms with Crippen molar-refractivity contribution in [1.82, 2.24) is 5.01 Å². The molecule has 9 heteroatoms. The molecule has 0 saturated heterocycles. The topological polar surface area (TPSA) is 96.6 Å². The number of hydrogen-bond acceptors (Lipinski definition) is 7. The van der Waals surface area contributed by atoms with Crippen molar-refractivity contribution in [2.45, 2.75) is 34.1 Å². The van der Waals surface area contributed by atoms with Crippen LogP contribution in [0.25, 0.3) is 6.08 Å². The number of methoxy groups -OCH3 is 1. The highest BCUT2D eigenvalue weighted by atomic mass is 32.2. The molecule has 4 rings (SSSR count). The summed E-state index contributed by atoms with van der Waals surface area (Å²) in [6.07, 6.45) is 2.58. The molecule has 2 aromatic rings. The van der Waals surface area contributed by atoms with E-state index in [2.05, 4.69) is 30.0 Å². The van der Waals surface area contributed by atoms with E-state index in [1.165, 1.54) is 27.9 Å². The number of fused-ring (bicyclic) bond motifs is 1. The lowest BCUT2D eigenvalue weighted by atomic mass is 10.1. The molecule has 0 unspecified atom stereocenters. The van der Waals surface area contributed by atoms with Crippen molar-refractivity contribution in [1.29, 1.82) is 5.41 Å². The van der Waals surface area contributed by atoms with Crippen molar-refractivity contribution < 1.29 is 19.0 Å². The molecule has 8 nitrogen and oxygen atoms in total. The molecule has 1 N–H and O–H groups in total. The number of nitrogens with zero attached hydrogens (tertiary/aromatic N) is 3. The molecule has 0 spiro atoms. The average Bonchev–Trinajstić information content (AvgIpc) is 3.29. The van der Waals surface area contributed by atoms with Gasteiger partial charge in [0.05, 0.1) is 12.7 Å². The maximum Gasteiger partial charge on any atom is 0.283 e. The minimum atomic E-state index is -0.460. The first-order valence-corrected chi connectivity index (χ1v) is 12.6. The summed E-state index contributed by atoms with van der Waals surface area (Å²) in [4.78, 5) is 16.8. The lowest BCUT2D eigenvalue weighted by Crippen LogP contribution is -2.35. The molecule has 1 amide bonds. The molecule has 2 aliphatic rings. The van der Waals surface area contributed by atoms with Crippen LogP contribution in [-0.4, -0.2) is 47.3 Å². The van der Waals surface area contributed by atoms with Gasteiger partial charge in [0.1, 0.15) is 24.0 Å². The van der Waals surface area contributed by atoms with Crippen molar-refractivity contribution in [3.63, 3.8) is 0 Å². The van der Waals surface area contributed by atoms with Gasteiger partial charge < -0.3 is 14.2 Å². The number of carbonyl (C=O) groups is 1. The SMILES string of the molecule is CCc1cc(C)cc(OCCOc2ccc(C=C3C(=N)N4N=C(C(C)C)SC4=NC3=O)cc2OC)c1. The molecule has 2 aliphatic heterocycles. The Morgan fingerprint density at radius 1 is 1.11 bits per heavy atom. The summed E-state index contributed by atoms with van der Waals surface area (Å²) in [7, 11) is 1.56. The number of rotatable bonds is 9. The zero-order valence-electron chi connectivity index (χ0n) is 21.1. The fourth-order valence-electron chi connectivity index (χ4n) is 3.72. The van der Waals surface area contributed by atoms with E-state index in [4.69, 9.17) is 19.6 Å². The second-order valence-corrected chi connectivity index (χ2v) is 9.72. The maximum atomic E-state index is 12.6. The molecular weight excluding hydrogens is 476 g/mol. The summed E-state index contributed by atoms with van der Waals surface area (Å²) in [6, 6.07) is 11.6. The number of carbonyl (C=O) groups excluding carboxylic acids is 1. The first-order chi connectivity index (χ1) is 17.3. The number of nitrogens with one attached hydrogen (secondary N) is 1. The molecule has 36 heavy (non-hydrogen) atoms. The van der Waals surface area contributed by atoms with E-state index in [-0.39, 0.29) is 17.3 Å². The average molecular weight is 507 g/mol. The van der Waals surface area contributed by atoms with Gasteiger partial charge in [0.25, 0.3) is 5.91 Å². The van der Waals surface area contributed by atoms with E-state index in [0.717, 1.165) is 17.2 Å². The molecule has 0 bridgehead atoms. The predicted octanol–water partition coefficient (Wildman–Crippen LogP) is 5.30. The van der Waals surface area contributed by atoms with E-state index in [1.807, 2.05) is 26.0 Å². The minimum absolute atomic E-state index is 0.00645. The van der Waals surface area contributed by atoms with Crippen molar-refractivity contribution in [3.05, 3.63) is 58.7 Å². The van der Waals surface area contributed by atoms with E-state index in [1.54, 1.807) is 31.4 Å². The number of amides is 1.